The molecule has 1 aliphatic rings. The van der Waals surface area contributed by atoms with Gasteiger partial charge < -0.3 is 10.0 Å². The molecule has 0 bridgehead atoms. The van der Waals surface area contributed by atoms with Crippen LogP contribution in [0.1, 0.15) is 35.9 Å². The van der Waals surface area contributed by atoms with E-state index < -0.39 is 6.10 Å². The predicted molar refractivity (Wildman–Crippen MR) is 102 cm³/mol. The molecule has 1 N–H and O–H groups in total. The van der Waals surface area contributed by atoms with Crippen molar-refractivity contribution in [1.82, 2.24) is 24.9 Å². The third-order valence-corrected chi connectivity index (χ3v) is 5.38. The van der Waals surface area contributed by atoms with Gasteiger partial charge in [0.25, 0.3) is 5.91 Å². The Hall–Kier alpha value is -2.80. The highest BCUT2D eigenvalue weighted by atomic mass is 16.3. The molecule has 7 nitrogen and oxygen atoms in total. The van der Waals surface area contributed by atoms with Gasteiger partial charge in [0, 0.05) is 30.6 Å². The van der Waals surface area contributed by atoms with Crippen LogP contribution in [-0.4, -0.2) is 55.1 Å². The maximum atomic E-state index is 13.0. The van der Waals surface area contributed by atoms with Crippen LogP contribution in [0, 0.1) is 12.8 Å². The van der Waals surface area contributed by atoms with Crippen molar-refractivity contribution < 1.29 is 9.90 Å². The molecule has 2 atom stereocenters. The smallest absolute Gasteiger partial charge is 0.276 e. The number of hydrogen-bond acceptors (Lipinski definition) is 5. The maximum Gasteiger partial charge on any atom is 0.276 e. The average molecular weight is 365 g/mol. The molecule has 1 amide bonds. The summed E-state index contributed by atoms with van der Waals surface area (Å²) in [5.74, 6) is -0.00958. The second-order valence-electron chi connectivity index (χ2n) is 7.18. The van der Waals surface area contributed by atoms with Crippen LogP contribution in [0.5, 0.6) is 0 Å². The zero-order valence-corrected chi connectivity index (χ0v) is 15.5. The standard InChI is InChI=1S/C20H23N5O2/c1-13-19(20(27)24-11-5-6-15(12-24)14(2)26)22-23-25(13)18-9-3-8-17-16(18)7-4-10-21-17/h3-4,7-10,14-15,26H,5-6,11-12H2,1-2H3/t14-,15-/m0/s1. The summed E-state index contributed by atoms with van der Waals surface area (Å²) >= 11 is 0. The van der Waals surface area contributed by atoms with Crippen molar-refractivity contribution in [3.05, 3.63) is 47.9 Å². The molecule has 0 spiro atoms. The van der Waals surface area contributed by atoms with E-state index in [2.05, 4.69) is 15.3 Å². The molecule has 3 heterocycles. The summed E-state index contributed by atoms with van der Waals surface area (Å²) in [4.78, 5) is 19.2. The number of piperidine rings is 1. The maximum absolute atomic E-state index is 13.0. The van der Waals surface area contributed by atoms with Gasteiger partial charge in [0.2, 0.25) is 0 Å². The van der Waals surface area contributed by atoms with Crippen molar-refractivity contribution in [2.75, 3.05) is 13.1 Å². The van der Waals surface area contributed by atoms with Gasteiger partial charge in [-0.05, 0) is 51.0 Å². The van der Waals surface area contributed by atoms with Crippen LogP contribution in [0.2, 0.25) is 0 Å². The first-order valence-electron chi connectivity index (χ1n) is 9.30. The van der Waals surface area contributed by atoms with E-state index in [1.165, 1.54) is 0 Å². The van der Waals surface area contributed by atoms with Gasteiger partial charge in [0.15, 0.2) is 5.69 Å². The minimum atomic E-state index is -0.416. The summed E-state index contributed by atoms with van der Waals surface area (Å²) in [6.07, 6.45) is 3.17. The zero-order valence-electron chi connectivity index (χ0n) is 15.5. The van der Waals surface area contributed by atoms with E-state index in [-0.39, 0.29) is 11.8 Å². The number of hydrogen-bond donors (Lipinski definition) is 1. The first kappa shape index (κ1) is 17.6. The number of fused-ring (bicyclic) bond motifs is 1. The van der Waals surface area contributed by atoms with Crippen LogP contribution in [0.4, 0.5) is 0 Å². The number of aromatic nitrogens is 4. The molecule has 2 aromatic heterocycles. The molecule has 1 aromatic carbocycles. The lowest BCUT2D eigenvalue weighted by atomic mass is 9.93. The molecular weight excluding hydrogens is 342 g/mol. The number of nitrogens with zero attached hydrogens (tertiary/aromatic N) is 5. The summed E-state index contributed by atoms with van der Waals surface area (Å²) in [5.41, 5.74) is 2.79. The monoisotopic (exact) mass is 365 g/mol. The van der Waals surface area contributed by atoms with Gasteiger partial charge in [-0.3, -0.25) is 9.78 Å². The SMILES string of the molecule is Cc1c(C(=O)N2CCC[C@H]([C@H](C)O)C2)nnn1-c1cccc2ncccc12. The van der Waals surface area contributed by atoms with Crippen molar-refractivity contribution >= 4 is 16.8 Å². The first-order chi connectivity index (χ1) is 13.1. The van der Waals surface area contributed by atoms with Gasteiger partial charge in [-0.2, -0.15) is 0 Å². The van der Waals surface area contributed by atoms with Crippen LogP contribution >= 0.6 is 0 Å². The average Bonchev–Trinajstić information content (AvgIpc) is 3.08. The molecule has 1 saturated heterocycles. The fourth-order valence-corrected chi connectivity index (χ4v) is 3.77. The van der Waals surface area contributed by atoms with Crippen LogP contribution in [-0.2, 0) is 0 Å². The second-order valence-corrected chi connectivity index (χ2v) is 7.18. The van der Waals surface area contributed by atoms with E-state index in [0.29, 0.717) is 24.5 Å². The lowest BCUT2D eigenvalue weighted by Gasteiger charge is -2.33. The van der Waals surface area contributed by atoms with E-state index >= 15 is 0 Å². The lowest BCUT2D eigenvalue weighted by molar-refractivity contribution is 0.0461. The van der Waals surface area contributed by atoms with E-state index in [1.54, 1.807) is 22.7 Å². The summed E-state index contributed by atoms with van der Waals surface area (Å²) in [5, 5.41) is 19.3. The molecule has 0 saturated carbocycles. The van der Waals surface area contributed by atoms with E-state index in [1.807, 2.05) is 37.3 Å². The normalized spacial score (nSPS) is 18.6. The van der Waals surface area contributed by atoms with Crippen molar-refractivity contribution in [1.29, 1.82) is 0 Å². The first-order valence-corrected chi connectivity index (χ1v) is 9.30. The molecule has 0 radical (unpaired) electrons. The topological polar surface area (TPSA) is 84.1 Å². The highest BCUT2D eigenvalue weighted by Crippen LogP contribution is 2.24. The van der Waals surface area contributed by atoms with Gasteiger partial charge in [-0.25, -0.2) is 4.68 Å². The van der Waals surface area contributed by atoms with Gasteiger partial charge in [0.05, 0.1) is 23.0 Å². The Labute approximate surface area is 157 Å². The minimum Gasteiger partial charge on any atom is -0.393 e. The summed E-state index contributed by atoms with van der Waals surface area (Å²) in [6.45, 7) is 4.89. The van der Waals surface area contributed by atoms with E-state index in [0.717, 1.165) is 29.4 Å². The number of carbonyl (C=O) groups is 1. The van der Waals surface area contributed by atoms with Gasteiger partial charge >= 0.3 is 0 Å². The number of aliphatic hydroxyl groups excluding tert-OH is 1. The predicted octanol–water partition coefficient (Wildman–Crippen LogP) is 2.36. The van der Waals surface area contributed by atoms with Gasteiger partial charge in [0.1, 0.15) is 0 Å². The Morgan fingerprint density at radius 2 is 2.15 bits per heavy atom. The molecule has 0 aliphatic carbocycles. The van der Waals surface area contributed by atoms with Crippen LogP contribution < -0.4 is 0 Å². The third-order valence-electron chi connectivity index (χ3n) is 5.38. The summed E-state index contributed by atoms with van der Waals surface area (Å²) < 4.78 is 1.70. The van der Waals surface area contributed by atoms with Crippen LogP contribution in [0.3, 0.4) is 0 Å². The molecular formula is C20H23N5O2. The molecule has 0 unspecified atom stereocenters. The number of likely N-dealkylation sites (tertiary alicyclic amines) is 1. The van der Waals surface area contributed by atoms with E-state index in [9.17, 15) is 9.90 Å². The molecule has 1 aliphatic heterocycles. The fourth-order valence-electron chi connectivity index (χ4n) is 3.77. The van der Waals surface area contributed by atoms with Crippen LogP contribution in [0.25, 0.3) is 16.6 Å². The van der Waals surface area contributed by atoms with Crippen molar-refractivity contribution in [2.45, 2.75) is 32.8 Å². The van der Waals surface area contributed by atoms with Crippen LogP contribution in [0.15, 0.2) is 36.5 Å². The fraction of sp³-hybridized carbons (Fsp3) is 0.400. The van der Waals surface area contributed by atoms with E-state index in [4.69, 9.17) is 0 Å². The number of pyridine rings is 1. The number of aliphatic hydroxyl groups is 1. The molecule has 1 fully saturated rings. The van der Waals surface area contributed by atoms with Crippen molar-refractivity contribution in [2.24, 2.45) is 5.92 Å². The third kappa shape index (κ3) is 3.19. The minimum absolute atomic E-state index is 0.113. The molecule has 27 heavy (non-hydrogen) atoms. The Balaban J connectivity index is 1.67. The quantitative estimate of drug-likeness (QED) is 0.770. The second kappa shape index (κ2) is 7.08. The Morgan fingerprint density at radius 1 is 1.30 bits per heavy atom. The molecule has 140 valence electrons. The summed E-state index contributed by atoms with van der Waals surface area (Å²) in [7, 11) is 0. The number of rotatable bonds is 3. The molecule has 3 aromatic rings. The van der Waals surface area contributed by atoms with Gasteiger partial charge in [-0.15, -0.1) is 5.10 Å². The number of benzene rings is 1. The number of amides is 1. The molecule has 4 rings (SSSR count). The number of carbonyl (C=O) groups excluding carboxylic acids is 1. The van der Waals surface area contributed by atoms with Crippen molar-refractivity contribution in [3.63, 3.8) is 0 Å². The molecule has 7 heteroatoms. The highest BCUT2D eigenvalue weighted by Gasteiger charge is 2.30. The zero-order chi connectivity index (χ0) is 19.0. The van der Waals surface area contributed by atoms with Gasteiger partial charge in [-0.1, -0.05) is 11.3 Å². The summed E-state index contributed by atoms with van der Waals surface area (Å²) in [6, 6.07) is 9.68. The van der Waals surface area contributed by atoms with Crippen molar-refractivity contribution in [3.8, 4) is 5.69 Å². The highest BCUT2D eigenvalue weighted by molar-refractivity contribution is 5.94. The largest absolute Gasteiger partial charge is 0.393 e. The Bertz CT molecular complexity index is 976. The Morgan fingerprint density at radius 3 is 2.96 bits per heavy atom. The Kier molecular flexibility index (Phi) is 4.61. The lowest BCUT2D eigenvalue weighted by Crippen LogP contribution is -2.43.